The van der Waals surface area contributed by atoms with E-state index in [-0.39, 0.29) is 9.62 Å². The van der Waals surface area contributed by atoms with Crippen LogP contribution in [0.3, 0.4) is 0 Å². The van der Waals surface area contributed by atoms with Gasteiger partial charge in [0.2, 0.25) is 10.0 Å². The van der Waals surface area contributed by atoms with Gasteiger partial charge in [-0.1, -0.05) is 52.8 Å². The van der Waals surface area contributed by atoms with Crippen LogP contribution in [0.4, 0.5) is 5.69 Å². The van der Waals surface area contributed by atoms with Gasteiger partial charge in [0.05, 0.1) is 6.57 Å². The monoisotopic (exact) mass is 456 g/mol. The molecule has 6 nitrogen and oxygen atoms in total. The van der Waals surface area contributed by atoms with Gasteiger partial charge in [-0.05, 0) is 29.5 Å². The van der Waals surface area contributed by atoms with Crippen molar-refractivity contribution in [1.82, 2.24) is 9.55 Å². The quantitative estimate of drug-likeness (QED) is 0.507. The Balaban J connectivity index is 2.05. The molecule has 0 fully saturated rings. The van der Waals surface area contributed by atoms with E-state index in [4.69, 9.17) is 11.7 Å². The van der Waals surface area contributed by atoms with Crippen molar-refractivity contribution < 1.29 is 8.42 Å². The van der Waals surface area contributed by atoms with Crippen LogP contribution in [0.15, 0.2) is 40.9 Å². The maximum Gasteiger partial charge on any atom is 0.248 e. The molecule has 0 aliphatic heterocycles. The average molecular weight is 457 g/mol. The number of sulfonamides is 1. The molecular weight excluding hydrogens is 428 g/mol. The first-order valence-electron chi connectivity index (χ1n) is 10.1. The van der Waals surface area contributed by atoms with Gasteiger partial charge in [0.15, 0.2) is 5.69 Å². The molecule has 0 bridgehead atoms. The van der Waals surface area contributed by atoms with Gasteiger partial charge < -0.3 is 4.57 Å². The van der Waals surface area contributed by atoms with Crippen LogP contribution < -0.4 is 5.14 Å². The number of rotatable bonds is 6. The summed E-state index contributed by atoms with van der Waals surface area (Å²) in [5, 5.41) is 5.50. The van der Waals surface area contributed by atoms with Crippen molar-refractivity contribution in [3.8, 4) is 11.1 Å². The number of nitrogens with zero attached hydrogens (tertiary/aromatic N) is 3. The SMILES string of the molecule is [C-]#[N+]c1cc(Cn2ccnc2C(C)(C)C)ccc1-c1cc(CC(C)C)sc1S(N)(=O)=O. The molecule has 0 atom stereocenters. The lowest BCUT2D eigenvalue weighted by molar-refractivity contribution is 0.511. The molecule has 0 amide bonds. The molecule has 2 aromatic heterocycles. The van der Waals surface area contributed by atoms with Crippen LogP contribution in [0.2, 0.25) is 0 Å². The van der Waals surface area contributed by atoms with Gasteiger partial charge in [0.25, 0.3) is 0 Å². The summed E-state index contributed by atoms with van der Waals surface area (Å²) in [6.07, 6.45) is 4.47. The summed E-state index contributed by atoms with van der Waals surface area (Å²) >= 11 is 1.19. The van der Waals surface area contributed by atoms with Gasteiger partial charge in [-0.2, -0.15) is 0 Å². The van der Waals surface area contributed by atoms with Crippen LogP contribution >= 0.6 is 11.3 Å². The number of aromatic nitrogens is 2. The topological polar surface area (TPSA) is 82.3 Å². The maximum atomic E-state index is 12.2. The highest BCUT2D eigenvalue weighted by atomic mass is 32.2. The summed E-state index contributed by atoms with van der Waals surface area (Å²) < 4.78 is 26.7. The highest BCUT2D eigenvalue weighted by molar-refractivity contribution is 7.91. The predicted octanol–water partition coefficient (Wildman–Crippen LogP) is 5.35. The second-order valence-electron chi connectivity index (χ2n) is 9.15. The number of nitrogens with two attached hydrogens (primary N) is 1. The minimum atomic E-state index is -3.89. The van der Waals surface area contributed by atoms with E-state index in [9.17, 15) is 8.42 Å². The fourth-order valence-corrected chi connectivity index (χ4v) is 5.97. The lowest BCUT2D eigenvalue weighted by Crippen LogP contribution is -2.19. The first-order valence-corrected chi connectivity index (χ1v) is 12.4. The normalized spacial score (nSPS) is 12.3. The van der Waals surface area contributed by atoms with Crippen molar-refractivity contribution in [3.63, 3.8) is 0 Å². The molecule has 0 unspecified atom stereocenters. The molecule has 1 aromatic carbocycles. The number of benzene rings is 1. The van der Waals surface area contributed by atoms with Crippen LogP contribution in [-0.2, 0) is 28.4 Å². The van der Waals surface area contributed by atoms with Crippen LogP contribution in [0.1, 0.15) is 50.9 Å². The van der Waals surface area contributed by atoms with Crippen molar-refractivity contribution in [2.24, 2.45) is 11.1 Å². The molecule has 3 rings (SSSR count). The summed E-state index contributed by atoms with van der Waals surface area (Å²) in [4.78, 5) is 9.12. The highest BCUT2D eigenvalue weighted by Gasteiger charge is 2.23. The number of hydrogen-bond donors (Lipinski definition) is 1. The molecular formula is C23H28N4O2S2. The van der Waals surface area contributed by atoms with E-state index in [2.05, 4.69) is 49.0 Å². The van der Waals surface area contributed by atoms with Crippen molar-refractivity contribution >= 4 is 27.0 Å². The van der Waals surface area contributed by atoms with Gasteiger partial charge in [-0.3, -0.25) is 0 Å². The van der Waals surface area contributed by atoms with E-state index < -0.39 is 10.0 Å². The largest absolute Gasteiger partial charge is 0.330 e. The molecule has 31 heavy (non-hydrogen) atoms. The number of thiophene rings is 1. The van der Waals surface area contributed by atoms with E-state index in [1.807, 2.05) is 30.5 Å². The predicted molar refractivity (Wildman–Crippen MR) is 126 cm³/mol. The summed E-state index contributed by atoms with van der Waals surface area (Å²) in [6, 6.07) is 7.44. The minimum Gasteiger partial charge on any atom is -0.330 e. The van der Waals surface area contributed by atoms with E-state index in [0.717, 1.165) is 22.7 Å². The molecule has 2 heterocycles. The van der Waals surface area contributed by atoms with Gasteiger partial charge in [0, 0.05) is 34.8 Å². The third-order valence-corrected chi connectivity index (χ3v) is 7.46. The van der Waals surface area contributed by atoms with Gasteiger partial charge in [-0.25, -0.2) is 23.4 Å². The maximum absolute atomic E-state index is 12.2. The highest BCUT2D eigenvalue weighted by Crippen LogP contribution is 2.40. The number of hydrogen-bond acceptors (Lipinski definition) is 4. The standard InChI is InChI=1S/C23H28N4O2S2/c1-15(2)11-17-13-19(21(30-17)31(24,28)29)18-8-7-16(12-20(18)25-6)14-27-10-9-26-22(27)23(3,4)5/h7-10,12-13,15H,11,14H2,1-5H3,(H2,24,28,29). The van der Waals surface area contributed by atoms with Crippen molar-refractivity contribution in [2.75, 3.05) is 0 Å². The Morgan fingerprint density at radius 1 is 1.23 bits per heavy atom. The Morgan fingerprint density at radius 3 is 2.52 bits per heavy atom. The smallest absolute Gasteiger partial charge is 0.248 e. The van der Waals surface area contributed by atoms with Crippen LogP contribution in [0, 0.1) is 12.5 Å². The van der Waals surface area contributed by atoms with Crippen LogP contribution in [0.5, 0.6) is 0 Å². The number of imidazole rings is 1. The third-order valence-electron chi connectivity index (χ3n) is 4.83. The molecule has 0 saturated carbocycles. The Hall–Kier alpha value is -2.47. The van der Waals surface area contributed by atoms with Crippen molar-refractivity contribution in [3.05, 3.63) is 64.3 Å². The first kappa shape index (κ1) is 23.2. The molecule has 0 radical (unpaired) electrons. The second-order valence-corrected chi connectivity index (χ2v) is 12.0. The fourth-order valence-electron chi connectivity index (χ4n) is 3.60. The minimum absolute atomic E-state index is 0.0973. The molecule has 0 aliphatic rings. The van der Waals surface area contributed by atoms with E-state index in [1.165, 1.54) is 11.3 Å². The molecule has 2 N–H and O–H groups in total. The van der Waals surface area contributed by atoms with Crippen molar-refractivity contribution in [2.45, 2.75) is 57.2 Å². The van der Waals surface area contributed by atoms with Crippen LogP contribution in [0.25, 0.3) is 16.0 Å². The Labute approximate surface area is 188 Å². The van der Waals surface area contributed by atoms with Crippen LogP contribution in [-0.4, -0.2) is 18.0 Å². The first-order chi connectivity index (χ1) is 14.4. The second kappa shape index (κ2) is 8.58. The zero-order chi connectivity index (χ0) is 23.0. The van der Waals surface area contributed by atoms with Gasteiger partial charge in [0.1, 0.15) is 10.0 Å². The lowest BCUT2D eigenvalue weighted by Gasteiger charge is -2.20. The number of primary sulfonamides is 1. The zero-order valence-corrected chi connectivity index (χ0v) is 20.1. The third kappa shape index (κ3) is 5.24. The Bertz CT molecular complexity index is 1240. The van der Waals surface area contributed by atoms with Gasteiger partial charge >= 0.3 is 0 Å². The molecule has 8 heteroatoms. The molecule has 0 aliphatic carbocycles. The zero-order valence-electron chi connectivity index (χ0n) is 18.5. The fraction of sp³-hybridized carbons (Fsp3) is 0.391. The van der Waals surface area contributed by atoms with E-state index in [0.29, 0.717) is 29.3 Å². The lowest BCUT2D eigenvalue weighted by atomic mass is 9.95. The molecule has 0 spiro atoms. The molecule has 3 aromatic rings. The Kier molecular flexibility index (Phi) is 6.42. The Morgan fingerprint density at radius 2 is 1.94 bits per heavy atom. The summed E-state index contributed by atoms with van der Waals surface area (Å²) in [7, 11) is -3.89. The summed E-state index contributed by atoms with van der Waals surface area (Å²) in [5.74, 6) is 1.35. The summed E-state index contributed by atoms with van der Waals surface area (Å²) in [6.45, 7) is 18.8. The van der Waals surface area contributed by atoms with Gasteiger partial charge in [-0.15, -0.1) is 11.3 Å². The van der Waals surface area contributed by atoms with Crippen molar-refractivity contribution in [1.29, 1.82) is 0 Å². The average Bonchev–Trinajstić information content (AvgIpc) is 3.27. The molecule has 164 valence electrons. The van der Waals surface area contributed by atoms with E-state index >= 15 is 0 Å². The molecule has 0 saturated heterocycles. The summed E-state index contributed by atoms with van der Waals surface area (Å²) in [5.41, 5.74) is 2.37. The van der Waals surface area contributed by atoms with E-state index in [1.54, 1.807) is 6.20 Å².